The molecular formula is C24H24BrN3O3. The molecule has 1 aromatic carbocycles. The number of hydrogen-bond donors (Lipinski definition) is 1. The third kappa shape index (κ3) is 5.41. The summed E-state index contributed by atoms with van der Waals surface area (Å²) < 4.78 is 7.69. The van der Waals surface area contributed by atoms with Gasteiger partial charge in [-0.15, -0.1) is 0 Å². The lowest BCUT2D eigenvalue weighted by molar-refractivity contribution is 0.0469. The molecule has 2 aromatic heterocycles. The Bertz CT molecular complexity index is 1190. The van der Waals surface area contributed by atoms with E-state index < -0.39 is 5.97 Å². The topological polar surface area (TPSA) is 72.7 Å². The van der Waals surface area contributed by atoms with Crippen LogP contribution in [0, 0.1) is 0 Å². The van der Waals surface area contributed by atoms with Crippen molar-refractivity contribution in [1.29, 1.82) is 0 Å². The van der Waals surface area contributed by atoms with Crippen LogP contribution in [-0.2, 0) is 11.3 Å². The van der Waals surface area contributed by atoms with Crippen molar-refractivity contribution in [1.82, 2.24) is 9.38 Å². The first-order valence-electron chi connectivity index (χ1n) is 10.5. The van der Waals surface area contributed by atoms with E-state index in [0.29, 0.717) is 16.9 Å². The molecule has 1 aliphatic carbocycles. The fourth-order valence-electron chi connectivity index (χ4n) is 3.72. The van der Waals surface area contributed by atoms with Crippen molar-refractivity contribution in [2.45, 2.75) is 38.7 Å². The number of anilines is 1. The number of hydrogen-bond acceptors (Lipinski definition) is 5. The summed E-state index contributed by atoms with van der Waals surface area (Å²) in [7, 11) is 0. The summed E-state index contributed by atoms with van der Waals surface area (Å²) in [4.78, 5) is 29.4. The molecule has 160 valence electrons. The fourth-order valence-corrected chi connectivity index (χ4v) is 4.06. The average Bonchev–Trinajstić information content (AvgIpc) is 2.79. The van der Waals surface area contributed by atoms with Crippen molar-refractivity contribution in [2.75, 3.05) is 11.9 Å². The SMILES string of the molecule is O=C(OCc1cc(=O)n2cc(Br)ccc2n1)c1ccccc1NCCC1=CCCCC1. The summed E-state index contributed by atoms with van der Waals surface area (Å²) in [6.07, 6.45) is 9.85. The lowest BCUT2D eigenvalue weighted by Crippen LogP contribution is -2.17. The highest BCUT2D eigenvalue weighted by Gasteiger charge is 2.14. The van der Waals surface area contributed by atoms with Gasteiger partial charge in [0.25, 0.3) is 5.56 Å². The number of carbonyl (C=O) groups is 1. The van der Waals surface area contributed by atoms with Crippen LogP contribution in [0.2, 0.25) is 0 Å². The van der Waals surface area contributed by atoms with E-state index in [0.717, 1.165) is 23.1 Å². The zero-order valence-corrected chi connectivity index (χ0v) is 18.7. The molecule has 0 atom stereocenters. The van der Waals surface area contributed by atoms with Crippen molar-refractivity contribution >= 4 is 33.2 Å². The van der Waals surface area contributed by atoms with Gasteiger partial charge in [0.1, 0.15) is 12.3 Å². The second kappa shape index (κ2) is 9.92. The summed E-state index contributed by atoms with van der Waals surface area (Å²) >= 11 is 3.34. The Hall–Kier alpha value is -2.93. The van der Waals surface area contributed by atoms with Gasteiger partial charge in [0.15, 0.2) is 0 Å². The molecule has 0 radical (unpaired) electrons. The Morgan fingerprint density at radius 2 is 2.06 bits per heavy atom. The van der Waals surface area contributed by atoms with E-state index >= 15 is 0 Å². The number of allylic oxidation sites excluding steroid dienone is 1. The van der Waals surface area contributed by atoms with E-state index in [1.165, 1.54) is 41.7 Å². The first-order valence-corrected chi connectivity index (χ1v) is 11.3. The number of halogens is 1. The Morgan fingerprint density at radius 1 is 1.19 bits per heavy atom. The van der Waals surface area contributed by atoms with Gasteiger partial charge in [-0.25, -0.2) is 9.78 Å². The second-order valence-electron chi connectivity index (χ2n) is 7.57. The van der Waals surface area contributed by atoms with Crippen LogP contribution < -0.4 is 10.9 Å². The molecule has 0 saturated heterocycles. The minimum atomic E-state index is -0.446. The highest BCUT2D eigenvalue weighted by atomic mass is 79.9. The van der Waals surface area contributed by atoms with E-state index in [2.05, 4.69) is 32.3 Å². The van der Waals surface area contributed by atoms with E-state index in [1.54, 1.807) is 18.3 Å². The number of ether oxygens (including phenoxy) is 1. The maximum atomic E-state index is 12.7. The van der Waals surface area contributed by atoms with Gasteiger partial charge in [0, 0.05) is 29.0 Å². The van der Waals surface area contributed by atoms with Crippen LogP contribution in [0.15, 0.2) is 69.6 Å². The Kier molecular flexibility index (Phi) is 6.82. The molecular weight excluding hydrogens is 458 g/mol. The highest BCUT2D eigenvalue weighted by Crippen LogP contribution is 2.21. The van der Waals surface area contributed by atoms with Gasteiger partial charge >= 0.3 is 5.97 Å². The molecule has 2 heterocycles. The second-order valence-corrected chi connectivity index (χ2v) is 8.48. The molecule has 1 aliphatic rings. The standard InChI is InChI=1S/C24H24BrN3O3/c25-18-10-11-22-27-19(14-23(29)28(22)15-18)16-31-24(30)20-8-4-5-9-21(20)26-13-12-17-6-2-1-3-7-17/h4-6,8-11,14-15,26H,1-3,7,12-13,16H2. The van der Waals surface area contributed by atoms with Crippen LogP contribution in [-0.4, -0.2) is 21.9 Å². The number of nitrogens with one attached hydrogen (secondary N) is 1. The van der Waals surface area contributed by atoms with Crippen LogP contribution in [0.4, 0.5) is 5.69 Å². The van der Waals surface area contributed by atoms with E-state index in [9.17, 15) is 9.59 Å². The molecule has 4 rings (SSSR count). The van der Waals surface area contributed by atoms with Gasteiger partial charge < -0.3 is 10.1 Å². The zero-order chi connectivity index (χ0) is 21.6. The fraction of sp³-hybridized carbons (Fsp3) is 0.292. The van der Waals surface area contributed by atoms with Gasteiger partial charge in [0.05, 0.1) is 11.3 Å². The number of benzene rings is 1. The number of carbonyl (C=O) groups excluding carboxylic acids is 1. The van der Waals surface area contributed by atoms with Crippen molar-refractivity contribution < 1.29 is 9.53 Å². The largest absolute Gasteiger partial charge is 0.456 e. The lowest BCUT2D eigenvalue weighted by Gasteiger charge is -2.15. The quantitative estimate of drug-likeness (QED) is 0.374. The summed E-state index contributed by atoms with van der Waals surface area (Å²) in [5.41, 5.74) is 3.40. The highest BCUT2D eigenvalue weighted by molar-refractivity contribution is 9.10. The number of nitrogens with zero attached hydrogens (tertiary/aromatic N) is 2. The maximum absolute atomic E-state index is 12.7. The van der Waals surface area contributed by atoms with Crippen LogP contribution in [0.1, 0.15) is 48.2 Å². The monoisotopic (exact) mass is 481 g/mol. The molecule has 0 fully saturated rings. The predicted molar refractivity (Wildman–Crippen MR) is 124 cm³/mol. The molecule has 31 heavy (non-hydrogen) atoms. The summed E-state index contributed by atoms with van der Waals surface area (Å²) in [5, 5.41) is 3.36. The van der Waals surface area contributed by atoms with Crippen molar-refractivity contribution in [3.63, 3.8) is 0 Å². The summed E-state index contributed by atoms with van der Waals surface area (Å²) in [6.45, 7) is 0.705. The first-order chi connectivity index (χ1) is 15.1. The minimum absolute atomic E-state index is 0.0676. The van der Waals surface area contributed by atoms with Gasteiger partial charge in [0.2, 0.25) is 0 Å². The number of esters is 1. The van der Waals surface area contributed by atoms with Crippen molar-refractivity contribution in [2.24, 2.45) is 0 Å². The third-order valence-electron chi connectivity index (χ3n) is 5.32. The molecule has 0 spiro atoms. The number of rotatable bonds is 7. The van der Waals surface area contributed by atoms with Crippen LogP contribution >= 0.6 is 15.9 Å². The number of para-hydroxylation sites is 1. The summed E-state index contributed by atoms with van der Waals surface area (Å²) in [5.74, 6) is -0.446. The van der Waals surface area contributed by atoms with Crippen molar-refractivity contribution in [3.8, 4) is 0 Å². The molecule has 0 unspecified atom stereocenters. The van der Waals surface area contributed by atoms with Gasteiger partial charge in [-0.05, 0) is 72.3 Å². The normalized spacial score (nSPS) is 13.6. The predicted octanol–water partition coefficient (Wildman–Crippen LogP) is 5.12. The molecule has 6 nitrogen and oxygen atoms in total. The van der Waals surface area contributed by atoms with Crippen LogP contribution in [0.3, 0.4) is 0 Å². The molecule has 7 heteroatoms. The smallest absolute Gasteiger partial charge is 0.340 e. The number of aromatic nitrogens is 2. The number of pyridine rings is 1. The minimum Gasteiger partial charge on any atom is -0.456 e. The molecule has 0 saturated carbocycles. The van der Waals surface area contributed by atoms with Crippen LogP contribution in [0.25, 0.3) is 5.65 Å². The van der Waals surface area contributed by atoms with E-state index in [1.807, 2.05) is 24.3 Å². The average molecular weight is 482 g/mol. The summed E-state index contributed by atoms with van der Waals surface area (Å²) in [6, 6.07) is 12.2. The number of fused-ring (bicyclic) bond motifs is 1. The van der Waals surface area contributed by atoms with Gasteiger partial charge in [-0.2, -0.15) is 0 Å². The van der Waals surface area contributed by atoms with Crippen LogP contribution in [0.5, 0.6) is 0 Å². The first kappa shape index (κ1) is 21.3. The maximum Gasteiger partial charge on any atom is 0.340 e. The lowest BCUT2D eigenvalue weighted by atomic mass is 9.97. The van der Waals surface area contributed by atoms with E-state index in [-0.39, 0.29) is 12.2 Å². The van der Waals surface area contributed by atoms with Gasteiger partial charge in [-0.1, -0.05) is 23.8 Å². The van der Waals surface area contributed by atoms with Crippen molar-refractivity contribution in [3.05, 3.63) is 86.4 Å². The Balaban J connectivity index is 1.41. The molecule has 1 N–H and O–H groups in total. The Labute approximate surface area is 189 Å². The Morgan fingerprint density at radius 3 is 2.90 bits per heavy atom. The molecule has 0 aliphatic heterocycles. The zero-order valence-electron chi connectivity index (χ0n) is 17.1. The van der Waals surface area contributed by atoms with E-state index in [4.69, 9.17) is 4.74 Å². The third-order valence-corrected chi connectivity index (χ3v) is 5.79. The molecule has 0 bridgehead atoms. The van der Waals surface area contributed by atoms with Gasteiger partial charge in [-0.3, -0.25) is 9.20 Å². The molecule has 0 amide bonds. The molecule has 3 aromatic rings.